The lowest BCUT2D eigenvalue weighted by molar-refractivity contribution is 0.503. The number of halogens is 1. The molecule has 0 bridgehead atoms. The molecule has 0 saturated heterocycles. The Morgan fingerprint density at radius 3 is 2.84 bits per heavy atom. The van der Waals surface area contributed by atoms with Gasteiger partial charge >= 0.3 is 0 Å². The third-order valence-electron chi connectivity index (χ3n) is 2.65. The van der Waals surface area contributed by atoms with Gasteiger partial charge in [0.2, 0.25) is 0 Å². The Morgan fingerprint density at radius 2 is 2.26 bits per heavy atom. The van der Waals surface area contributed by atoms with Crippen molar-refractivity contribution in [3.05, 3.63) is 33.3 Å². The maximum absolute atomic E-state index is 11.9. The Hall–Kier alpha value is -2.02. The van der Waals surface area contributed by atoms with Gasteiger partial charge in [-0.25, -0.2) is 4.68 Å². The molecule has 2 aromatic rings. The van der Waals surface area contributed by atoms with E-state index in [9.17, 15) is 4.79 Å². The van der Waals surface area contributed by atoms with E-state index in [2.05, 4.69) is 20.6 Å². The summed E-state index contributed by atoms with van der Waals surface area (Å²) in [4.78, 5) is 11.9. The molecule has 0 radical (unpaired) electrons. The molecule has 0 fully saturated rings. The van der Waals surface area contributed by atoms with Crippen molar-refractivity contribution in [1.29, 1.82) is 0 Å². The van der Waals surface area contributed by atoms with Crippen LogP contribution in [0, 0.1) is 0 Å². The summed E-state index contributed by atoms with van der Waals surface area (Å²) in [6, 6.07) is -0.0384. The van der Waals surface area contributed by atoms with E-state index in [1.54, 1.807) is 6.20 Å². The van der Waals surface area contributed by atoms with Crippen LogP contribution in [0.5, 0.6) is 0 Å². The Labute approximate surface area is 114 Å². The first-order valence-corrected chi connectivity index (χ1v) is 6.17. The van der Waals surface area contributed by atoms with Crippen LogP contribution >= 0.6 is 11.6 Å². The topological polar surface area (TPSA) is 102 Å². The molecular weight excluding hydrogens is 268 g/mol. The van der Waals surface area contributed by atoms with Gasteiger partial charge in [0.25, 0.3) is 5.56 Å². The van der Waals surface area contributed by atoms with Crippen LogP contribution in [0.1, 0.15) is 25.5 Å². The SMILES string of the molecule is CC(C)n1ncc(NCc2cn[nH]c2N)c(Cl)c1=O. The number of nitrogen functional groups attached to an aromatic ring is 1. The minimum atomic E-state index is -0.318. The molecule has 2 aromatic heterocycles. The lowest BCUT2D eigenvalue weighted by atomic mass is 10.3. The number of aromatic nitrogens is 4. The maximum atomic E-state index is 11.9. The standard InChI is InChI=1S/C11H15ClN6O/c1-6(2)18-11(19)9(12)8(5-16-18)14-3-7-4-15-17-10(7)13/h4-6,14H,3H2,1-2H3,(H3,13,15,17). The molecule has 0 aliphatic heterocycles. The van der Waals surface area contributed by atoms with Crippen LogP contribution in [0.2, 0.25) is 5.02 Å². The van der Waals surface area contributed by atoms with Crippen molar-refractivity contribution >= 4 is 23.1 Å². The molecule has 0 aromatic carbocycles. The number of rotatable bonds is 4. The van der Waals surface area contributed by atoms with Gasteiger partial charge in [-0.3, -0.25) is 9.89 Å². The molecule has 19 heavy (non-hydrogen) atoms. The number of nitrogens with two attached hydrogens (primary N) is 1. The highest BCUT2D eigenvalue weighted by Gasteiger charge is 2.11. The van der Waals surface area contributed by atoms with Gasteiger partial charge in [-0.1, -0.05) is 11.6 Å². The van der Waals surface area contributed by atoms with E-state index in [1.807, 2.05) is 13.8 Å². The molecule has 2 rings (SSSR count). The minimum Gasteiger partial charge on any atom is -0.384 e. The van der Waals surface area contributed by atoms with Gasteiger partial charge in [0.15, 0.2) is 0 Å². The number of nitrogens with one attached hydrogen (secondary N) is 2. The number of aromatic amines is 1. The van der Waals surface area contributed by atoms with Crippen molar-refractivity contribution < 1.29 is 0 Å². The first kappa shape index (κ1) is 13.4. The summed E-state index contributed by atoms with van der Waals surface area (Å²) in [5, 5.41) is 13.6. The third kappa shape index (κ3) is 2.70. The summed E-state index contributed by atoms with van der Waals surface area (Å²) in [6.45, 7) is 4.14. The lowest BCUT2D eigenvalue weighted by Gasteiger charge is -2.11. The first-order valence-electron chi connectivity index (χ1n) is 5.79. The van der Waals surface area contributed by atoms with Gasteiger partial charge in [0.1, 0.15) is 10.8 Å². The van der Waals surface area contributed by atoms with Crippen molar-refractivity contribution in [2.75, 3.05) is 11.1 Å². The van der Waals surface area contributed by atoms with E-state index in [0.29, 0.717) is 18.1 Å². The molecule has 0 saturated carbocycles. The fourth-order valence-electron chi connectivity index (χ4n) is 1.59. The Morgan fingerprint density at radius 1 is 1.53 bits per heavy atom. The van der Waals surface area contributed by atoms with Crippen LogP contribution in [-0.4, -0.2) is 20.0 Å². The fraction of sp³-hybridized carbons (Fsp3) is 0.364. The number of hydrogen-bond donors (Lipinski definition) is 3. The average molecular weight is 283 g/mol. The van der Waals surface area contributed by atoms with Crippen LogP contribution in [-0.2, 0) is 6.54 Å². The van der Waals surface area contributed by atoms with E-state index in [-0.39, 0.29) is 16.6 Å². The Kier molecular flexibility index (Phi) is 3.75. The van der Waals surface area contributed by atoms with Crippen molar-refractivity contribution in [3.8, 4) is 0 Å². The van der Waals surface area contributed by atoms with Gasteiger partial charge in [0.05, 0.1) is 24.1 Å². The fourth-order valence-corrected chi connectivity index (χ4v) is 1.79. The zero-order chi connectivity index (χ0) is 14.0. The average Bonchev–Trinajstić information content (AvgIpc) is 2.76. The minimum absolute atomic E-state index is 0.0384. The summed E-state index contributed by atoms with van der Waals surface area (Å²) >= 11 is 6.03. The normalized spacial score (nSPS) is 10.9. The summed E-state index contributed by atoms with van der Waals surface area (Å²) in [7, 11) is 0. The van der Waals surface area contributed by atoms with E-state index in [4.69, 9.17) is 17.3 Å². The highest BCUT2D eigenvalue weighted by molar-refractivity contribution is 6.32. The van der Waals surface area contributed by atoms with Crippen molar-refractivity contribution in [3.63, 3.8) is 0 Å². The quantitative estimate of drug-likeness (QED) is 0.787. The lowest BCUT2D eigenvalue weighted by Crippen LogP contribution is -2.25. The maximum Gasteiger partial charge on any atom is 0.287 e. The Balaban J connectivity index is 2.20. The largest absolute Gasteiger partial charge is 0.384 e. The third-order valence-corrected chi connectivity index (χ3v) is 3.02. The number of anilines is 2. The highest BCUT2D eigenvalue weighted by Crippen LogP contribution is 2.18. The smallest absolute Gasteiger partial charge is 0.287 e. The second-order valence-corrected chi connectivity index (χ2v) is 4.76. The second-order valence-electron chi connectivity index (χ2n) is 4.38. The van der Waals surface area contributed by atoms with E-state index in [1.165, 1.54) is 10.9 Å². The highest BCUT2D eigenvalue weighted by atomic mass is 35.5. The molecule has 2 heterocycles. The van der Waals surface area contributed by atoms with Gasteiger partial charge in [-0.05, 0) is 13.8 Å². The Bertz CT molecular complexity index is 632. The summed E-state index contributed by atoms with van der Waals surface area (Å²) in [6.07, 6.45) is 3.14. The molecule has 0 atom stereocenters. The molecule has 0 aliphatic carbocycles. The van der Waals surface area contributed by atoms with Gasteiger partial charge < -0.3 is 11.1 Å². The van der Waals surface area contributed by atoms with Gasteiger partial charge in [-0.2, -0.15) is 10.2 Å². The molecule has 0 unspecified atom stereocenters. The molecule has 4 N–H and O–H groups in total. The number of nitrogens with zero attached hydrogens (tertiary/aromatic N) is 3. The number of H-pyrrole nitrogens is 1. The second kappa shape index (κ2) is 5.31. The van der Waals surface area contributed by atoms with Crippen LogP contribution in [0.15, 0.2) is 17.2 Å². The first-order chi connectivity index (χ1) is 9.00. The van der Waals surface area contributed by atoms with Crippen LogP contribution < -0.4 is 16.6 Å². The van der Waals surface area contributed by atoms with Crippen LogP contribution in [0.25, 0.3) is 0 Å². The van der Waals surface area contributed by atoms with Gasteiger partial charge in [0, 0.05) is 12.1 Å². The molecule has 0 amide bonds. The molecule has 0 aliphatic rings. The van der Waals surface area contributed by atoms with Crippen LogP contribution in [0.3, 0.4) is 0 Å². The predicted octanol–water partition coefficient (Wildman–Crippen LogP) is 1.39. The van der Waals surface area contributed by atoms with E-state index >= 15 is 0 Å². The van der Waals surface area contributed by atoms with E-state index < -0.39 is 0 Å². The van der Waals surface area contributed by atoms with Crippen molar-refractivity contribution in [2.24, 2.45) is 0 Å². The summed E-state index contributed by atoms with van der Waals surface area (Å²) in [5.74, 6) is 0.479. The summed E-state index contributed by atoms with van der Waals surface area (Å²) < 4.78 is 1.33. The zero-order valence-electron chi connectivity index (χ0n) is 10.6. The summed E-state index contributed by atoms with van der Waals surface area (Å²) in [5.41, 5.74) is 6.62. The monoisotopic (exact) mass is 282 g/mol. The van der Waals surface area contributed by atoms with Gasteiger partial charge in [-0.15, -0.1) is 0 Å². The zero-order valence-corrected chi connectivity index (χ0v) is 11.4. The van der Waals surface area contributed by atoms with Crippen LogP contribution in [0.4, 0.5) is 11.5 Å². The molecular formula is C11H15ClN6O. The molecule has 102 valence electrons. The number of hydrogen-bond acceptors (Lipinski definition) is 5. The molecule has 7 nitrogen and oxygen atoms in total. The predicted molar refractivity (Wildman–Crippen MR) is 74.2 cm³/mol. The molecule has 0 spiro atoms. The van der Waals surface area contributed by atoms with Crippen molar-refractivity contribution in [1.82, 2.24) is 20.0 Å². The van der Waals surface area contributed by atoms with E-state index in [0.717, 1.165) is 5.56 Å². The molecule has 8 heteroatoms. The van der Waals surface area contributed by atoms with Crippen molar-refractivity contribution in [2.45, 2.75) is 26.4 Å².